The van der Waals surface area contributed by atoms with Crippen molar-refractivity contribution in [1.82, 2.24) is 15.3 Å². The third-order valence-corrected chi connectivity index (χ3v) is 4.76. The summed E-state index contributed by atoms with van der Waals surface area (Å²) in [5.41, 5.74) is 2.71. The molecule has 0 bridgehead atoms. The molecule has 164 valence electrons. The molecule has 0 saturated heterocycles. The second-order valence-electron chi connectivity index (χ2n) is 6.99. The topological polar surface area (TPSA) is 112 Å². The lowest BCUT2D eigenvalue weighted by molar-refractivity contribution is 0.262. The molecule has 2 amide bonds. The molecule has 8 nitrogen and oxygen atoms in total. The molecule has 3 N–H and O–H groups in total. The maximum atomic E-state index is 13.1. The first-order valence-corrected chi connectivity index (χ1v) is 9.94. The molecular weight excluding hydrogens is 411 g/mol. The lowest BCUT2D eigenvalue weighted by Gasteiger charge is -2.15. The number of carbonyl (C=O) groups is 1. The smallest absolute Gasteiger partial charge is 0.324 e. The van der Waals surface area contributed by atoms with Gasteiger partial charge in [-0.3, -0.25) is 5.32 Å². The lowest BCUT2D eigenvalue weighted by Crippen LogP contribution is -2.22. The van der Waals surface area contributed by atoms with Crippen LogP contribution in [0, 0.1) is 17.1 Å². The summed E-state index contributed by atoms with van der Waals surface area (Å²) in [6.07, 6.45) is 3.32. The number of halogens is 1. The van der Waals surface area contributed by atoms with Gasteiger partial charge in [-0.2, -0.15) is 5.26 Å². The quantitative estimate of drug-likeness (QED) is 0.493. The Labute approximate surface area is 185 Å². The van der Waals surface area contributed by atoms with E-state index in [1.54, 1.807) is 18.2 Å². The van der Waals surface area contributed by atoms with Crippen LogP contribution in [0.3, 0.4) is 0 Å². The van der Waals surface area contributed by atoms with Gasteiger partial charge in [-0.25, -0.2) is 19.2 Å². The van der Waals surface area contributed by atoms with E-state index in [0.29, 0.717) is 18.0 Å². The summed E-state index contributed by atoms with van der Waals surface area (Å²) < 4.78 is 18.5. The average molecular weight is 434 g/mol. The van der Waals surface area contributed by atoms with Gasteiger partial charge in [-0.15, -0.1) is 0 Å². The van der Waals surface area contributed by atoms with E-state index >= 15 is 0 Å². The van der Waals surface area contributed by atoms with Gasteiger partial charge in [-0.05, 0) is 55.3 Å². The maximum Gasteiger partial charge on any atom is 0.324 e. The van der Waals surface area contributed by atoms with Crippen LogP contribution >= 0.6 is 0 Å². The molecule has 0 unspecified atom stereocenters. The zero-order valence-electron chi connectivity index (χ0n) is 17.7. The second-order valence-corrected chi connectivity index (χ2v) is 6.99. The Morgan fingerprint density at radius 1 is 1.16 bits per heavy atom. The van der Waals surface area contributed by atoms with Crippen LogP contribution in [0.15, 0.2) is 54.9 Å². The van der Waals surface area contributed by atoms with Crippen molar-refractivity contribution in [3.05, 3.63) is 77.5 Å². The first kappa shape index (κ1) is 22.7. The number of nitriles is 1. The SMILES string of the molecule is COc1cc(CCN[C@@H](C)c2ccc(F)cc2)ccc1NC(=O)Nc1cnc(C#N)cn1. The molecular formula is C23H23FN6O2. The Balaban J connectivity index is 1.54. The molecule has 3 aromatic rings. The summed E-state index contributed by atoms with van der Waals surface area (Å²) in [6.45, 7) is 2.74. The predicted molar refractivity (Wildman–Crippen MR) is 119 cm³/mol. The van der Waals surface area contributed by atoms with Gasteiger partial charge in [0.2, 0.25) is 0 Å². The number of nitrogens with zero attached hydrogens (tertiary/aromatic N) is 3. The molecule has 0 aliphatic carbocycles. The van der Waals surface area contributed by atoms with Gasteiger partial charge in [0.25, 0.3) is 0 Å². The Morgan fingerprint density at radius 3 is 2.59 bits per heavy atom. The van der Waals surface area contributed by atoms with Gasteiger partial charge >= 0.3 is 6.03 Å². The van der Waals surface area contributed by atoms with Crippen molar-refractivity contribution in [2.45, 2.75) is 19.4 Å². The monoisotopic (exact) mass is 434 g/mol. The second kappa shape index (κ2) is 10.8. The van der Waals surface area contributed by atoms with Gasteiger partial charge in [-0.1, -0.05) is 18.2 Å². The van der Waals surface area contributed by atoms with E-state index in [9.17, 15) is 9.18 Å². The number of methoxy groups -OCH3 is 1. The molecule has 1 atom stereocenters. The van der Waals surface area contributed by atoms with Gasteiger partial charge in [0.05, 0.1) is 25.2 Å². The number of aromatic nitrogens is 2. The van der Waals surface area contributed by atoms with Gasteiger partial charge in [0.1, 0.15) is 17.6 Å². The number of hydrogen-bond acceptors (Lipinski definition) is 6. The van der Waals surface area contributed by atoms with Crippen LogP contribution in [0.2, 0.25) is 0 Å². The third kappa shape index (κ3) is 6.23. The zero-order chi connectivity index (χ0) is 22.9. The summed E-state index contributed by atoms with van der Waals surface area (Å²) >= 11 is 0. The number of amides is 2. The summed E-state index contributed by atoms with van der Waals surface area (Å²) in [5, 5.41) is 17.4. The van der Waals surface area contributed by atoms with Crippen molar-refractivity contribution in [2.24, 2.45) is 0 Å². The molecule has 9 heteroatoms. The van der Waals surface area contributed by atoms with Crippen LogP contribution in [-0.4, -0.2) is 29.7 Å². The minimum atomic E-state index is -0.509. The van der Waals surface area contributed by atoms with Gasteiger partial charge < -0.3 is 15.4 Å². The molecule has 0 fully saturated rings. The molecule has 0 spiro atoms. The minimum absolute atomic E-state index is 0.0902. The van der Waals surface area contributed by atoms with E-state index in [2.05, 4.69) is 25.9 Å². The standard InChI is InChI=1S/C23H23FN6O2/c1-15(17-4-6-18(24)7-5-17)26-10-9-16-3-8-20(21(11-16)32-2)29-23(31)30-22-14-27-19(12-25)13-28-22/h3-8,11,13-15,26H,9-10H2,1-2H3,(H2,28,29,30,31)/t15-/m0/s1. The van der Waals surface area contributed by atoms with Gasteiger partial charge in [0.15, 0.2) is 11.5 Å². The maximum absolute atomic E-state index is 13.1. The third-order valence-electron chi connectivity index (χ3n) is 4.76. The van der Waals surface area contributed by atoms with E-state index in [1.807, 2.05) is 25.1 Å². The highest BCUT2D eigenvalue weighted by atomic mass is 19.1. The fraction of sp³-hybridized carbons (Fsp3) is 0.217. The largest absolute Gasteiger partial charge is 0.495 e. The molecule has 1 heterocycles. The normalized spacial score (nSPS) is 11.3. The van der Waals surface area contributed by atoms with Crippen LogP contribution < -0.4 is 20.7 Å². The molecule has 32 heavy (non-hydrogen) atoms. The highest BCUT2D eigenvalue weighted by Gasteiger charge is 2.10. The fourth-order valence-corrected chi connectivity index (χ4v) is 3.02. The zero-order valence-corrected chi connectivity index (χ0v) is 17.7. The molecule has 2 aromatic carbocycles. The Kier molecular flexibility index (Phi) is 7.67. The van der Waals surface area contributed by atoms with E-state index in [0.717, 1.165) is 17.5 Å². The number of anilines is 2. The average Bonchev–Trinajstić information content (AvgIpc) is 2.80. The van der Waals surface area contributed by atoms with Crippen LogP contribution in [0.4, 0.5) is 20.7 Å². The molecule has 3 rings (SSSR count). The van der Waals surface area contributed by atoms with Crippen molar-refractivity contribution in [2.75, 3.05) is 24.3 Å². The van der Waals surface area contributed by atoms with Crippen molar-refractivity contribution in [3.8, 4) is 11.8 Å². The van der Waals surface area contributed by atoms with Crippen molar-refractivity contribution < 1.29 is 13.9 Å². The lowest BCUT2D eigenvalue weighted by atomic mass is 10.1. The summed E-state index contributed by atoms with van der Waals surface area (Å²) in [5.74, 6) is 0.494. The van der Waals surface area contributed by atoms with Gasteiger partial charge in [0, 0.05) is 6.04 Å². The molecule has 0 aliphatic rings. The van der Waals surface area contributed by atoms with E-state index in [4.69, 9.17) is 10.00 Å². The first-order chi connectivity index (χ1) is 15.5. The molecule has 0 aliphatic heterocycles. The van der Waals surface area contributed by atoms with E-state index in [1.165, 1.54) is 31.6 Å². The Morgan fingerprint density at radius 2 is 1.94 bits per heavy atom. The molecule has 0 saturated carbocycles. The van der Waals surface area contributed by atoms with E-state index < -0.39 is 6.03 Å². The number of rotatable bonds is 8. The number of hydrogen-bond donors (Lipinski definition) is 3. The molecule has 1 aromatic heterocycles. The number of nitrogens with one attached hydrogen (secondary N) is 3. The van der Waals surface area contributed by atoms with E-state index in [-0.39, 0.29) is 23.4 Å². The minimum Gasteiger partial charge on any atom is -0.495 e. The number of carbonyl (C=O) groups excluding carboxylic acids is 1. The van der Waals surface area contributed by atoms with Crippen LogP contribution in [0.25, 0.3) is 0 Å². The number of benzene rings is 2. The first-order valence-electron chi connectivity index (χ1n) is 9.94. The summed E-state index contributed by atoms with van der Waals surface area (Å²) in [6, 6.07) is 13.4. The highest BCUT2D eigenvalue weighted by Crippen LogP contribution is 2.26. The summed E-state index contributed by atoms with van der Waals surface area (Å²) in [7, 11) is 1.53. The predicted octanol–water partition coefficient (Wildman–Crippen LogP) is 4.03. The van der Waals surface area contributed by atoms with Crippen LogP contribution in [0.1, 0.15) is 29.8 Å². The number of urea groups is 1. The van der Waals surface area contributed by atoms with Crippen LogP contribution in [-0.2, 0) is 6.42 Å². The Bertz CT molecular complexity index is 1100. The Hall–Kier alpha value is -4.03. The van der Waals surface area contributed by atoms with Crippen LogP contribution in [0.5, 0.6) is 5.75 Å². The van der Waals surface area contributed by atoms with Crippen molar-refractivity contribution in [3.63, 3.8) is 0 Å². The fourth-order valence-electron chi connectivity index (χ4n) is 3.02. The van der Waals surface area contributed by atoms with Crippen molar-refractivity contribution >= 4 is 17.5 Å². The molecule has 0 radical (unpaired) electrons. The summed E-state index contributed by atoms with van der Waals surface area (Å²) in [4.78, 5) is 20.0. The number of ether oxygens (including phenoxy) is 1. The highest BCUT2D eigenvalue weighted by molar-refractivity contribution is 6.00. The van der Waals surface area contributed by atoms with Crippen molar-refractivity contribution in [1.29, 1.82) is 5.26 Å².